The van der Waals surface area contributed by atoms with E-state index in [1.54, 1.807) is 24.1 Å². The number of amidine groups is 1. The lowest BCUT2D eigenvalue weighted by atomic mass is 10.1. The van der Waals surface area contributed by atoms with E-state index in [2.05, 4.69) is 11.9 Å². The quantitative estimate of drug-likeness (QED) is 0.599. The van der Waals surface area contributed by atoms with Gasteiger partial charge in [-0.05, 0) is 60.2 Å². The van der Waals surface area contributed by atoms with Crippen molar-refractivity contribution in [3.8, 4) is 5.75 Å². The van der Waals surface area contributed by atoms with Crippen molar-refractivity contribution in [2.45, 2.75) is 13.3 Å². The highest BCUT2D eigenvalue weighted by Gasteiger charge is 2.30. The first kappa shape index (κ1) is 23.1. The van der Waals surface area contributed by atoms with E-state index < -0.39 is 0 Å². The summed E-state index contributed by atoms with van der Waals surface area (Å²) in [7, 11) is 1.71. The third-order valence-corrected chi connectivity index (χ3v) is 6.31. The molecule has 2 aliphatic heterocycles. The number of carbonyl (C=O) groups is 2. The first-order valence-corrected chi connectivity index (χ1v) is 11.8. The van der Waals surface area contributed by atoms with E-state index in [1.807, 2.05) is 42.5 Å². The molecule has 2 amide bonds. The Bertz CT molecular complexity index is 1090. The number of aliphatic imine (C=N–C) groups is 1. The number of thioether (sulfide) groups is 1. The molecule has 33 heavy (non-hydrogen) atoms. The smallest absolute Gasteiger partial charge is 0.266 e. The minimum atomic E-state index is -0.112. The lowest BCUT2D eigenvalue weighted by Crippen LogP contribution is -2.40. The molecule has 0 spiro atoms. The number of hydrogen-bond donors (Lipinski definition) is 0. The molecule has 172 valence electrons. The van der Waals surface area contributed by atoms with Crippen molar-refractivity contribution >= 4 is 40.5 Å². The number of amides is 2. The fourth-order valence-electron chi connectivity index (χ4n) is 3.48. The van der Waals surface area contributed by atoms with Crippen molar-refractivity contribution in [2.75, 3.05) is 40.0 Å². The zero-order chi connectivity index (χ0) is 23.2. The predicted molar refractivity (Wildman–Crippen MR) is 131 cm³/mol. The summed E-state index contributed by atoms with van der Waals surface area (Å²) < 4.78 is 11.0. The van der Waals surface area contributed by atoms with Gasteiger partial charge in [0.1, 0.15) is 5.75 Å². The molecule has 2 fully saturated rings. The summed E-state index contributed by atoms with van der Waals surface area (Å²) in [6, 6.07) is 14.9. The van der Waals surface area contributed by atoms with Gasteiger partial charge < -0.3 is 14.4 Å². The molecule has 2 aromatic rings. The molecular formula is C25H27N3O4S. The van der Waals surface area contributed by atoms with Crippen LogP contribution in [0.4, 0.5) is 5.69 Å². The van der Waals surface area contributed by atoms with Crippen molar-refractivity contribution < 1.29 is 19.1 Å². The van der Waals surface area contributed by atoms with Gasteiger partial charge >= 0.3 is 0 Å². The van der Waals surface area contributed by atoms with Gasteiger partial charge in [0.05, 0.1) is 30.4 Å². The van der Waals surface area contributed by atoms with Gasteiger partial charge in [-0.2, -0.15) is 0 Å². The van der Waals surface area contributed by atoms with Crippen LogP contribution in [-0.2, 0) is 9.53 Å². The Morgan fingerprint density at radius 1 is 1.18 bits per heavy atom. The monoisotopic (exact) mass is 465 g/mol. The summed E-state index contributed by atoms with van der Waals surface area (Å²) in [5, 5.41) is 0.570. The number of hydrogen-bond acceptors (Lipinski definition) is 6. The van der Waals surface area contributed by atoms with Crippen LogP contribution in [0.3, 0.4) is 0 Å². The molecule has 2 heterocycles. The third kappa shape index (κ3) is 5.64. The molecule has 0 unspecified atom stereocenters. The molecule has 7 nitrogen and oxygen atoms in total. The molecule has 8 heteroatoms. The average Bonchev–Trinajstić information content (AvgIpc) is 3.11. The summed E-state index contributed by atoms with van der Waals surface area (Å²) in [5.74, 6) is 0.638. The van der Waals surface area contributed by atoms with Gasteiger partial charge in [-0.25, -0.2) is 4.99 Å². The summed E-state index contributed by atoms with van der Waals surface area (Å²) in [6.07, 6.45) is 2.78. The lowest BCUT2D eigenvalue weighted by molar-refractivity contribution is -0.121. The Labute approximate surface area is 198 Å². The fraction of sp³-hybridized carbons (Fsp3) is 0.320. The minimum Gasteiger partial charge on any atom is -0.494 e. The van der Waals surface area contributed by atoms with Crippen LogP contribution in [0.25, 0.3) is 6.08 Å². The number of likely N-dealkylation sites (N-methyl/N-ethyl adjacent to an activating group) is 1. The van der Waals surface area contributed by atoms with Gasteiger partial charge in [-0.15, -0.1) is 0 Å². The predicted octanol–water partition coefficient (Wildman–Crippen LogP) is 4.18. The van der Waals surface area contributed by atoms with Crippen LogP contribution in [0.1, 0.15) is 29.3 Å². The summed E-state index contributed by atoms with van der Waals surface area (Å²) in [4.78, 5) is 34.1. The first-order chi connectivity index (χ1) is 16.0. The van der Waals surface area contributed by atoms with Crippen molar-refractivity contribution in [3.05, 3.63) is 64.6 Å². The SMILES string of the molecule is CCCOc1cccc(/C=C2/SC(=Nc3cccc(C(=O)N4CCOCC4)c3)N(C)C2=O)c1. The van der Waals surface area contributed by atoms with Gasteiger partial charge in [0.2, 0.25) is 0 Å². The maximum atomic E-state index is 12.8. The average molecular weight is 466 g/mol. The van der Waals surface area contributed by atoms with Gasteiger partial charge in [0, 0.05) is 25.7 Å². The second kappa shape index (κ2) is 10.7. The second-order valence-electron chi connectivity index (χ2n) is 7.75. The van der Waals surface area contributed by atoms with E-state index in [4.69, 9.17) is 9.47 Å². The molecule has 0 bridgehead atoms. The van der Waals surface area contributed by atoms with Gasteiger partial charge in [-0.1, -0.05) is 25.1 Å². The number of benzene rings is 2. The van der Waals surface area contributed by atoms with Crippen molar-refractivity contribution in [3.63, 3.8) is 0 Å². The van der Waals surface area contributed by atoms with E-state index >= 15 is 0 Å². The summed E-state index contributed by atoms with van der Waals surface area (Å²) >= 11 is 1.32. The highest BCUT2D eigenvalue weighted by atomic mass is 32.2. The van der Waals surface area contributed by atoms with Gasteiger partial charge in [0.25, 0.3) is 11.8 Å². The van der Waals surface area contributed by atoms with Crippen molar-refractivity contribution in [1.29, 1.82) is 0 Å². The zero-order valence-electron chi connectivity index (χ0n) is 18.8. The number of rotatable bonds is 6. The number of carbonyl (C=O) groups excluding carboxylic acids is 2. The number of morpholine rings is 1. The topological polar surface area (TPSA) is 71.4 Å². The molecule has 0 atom stereocenters. The van der Waals surface area contributed by atoms with Crippen LogP contribution in [-0.4, -0.2) is 66.7 Å². The standard InChI is InChI=1S/C25H27N3O4S/c1-3-12-32-21-9-4-6-18(15-21)16-22-24(30)27(2)25(33-22)26-20-8-5-7-19(17-20)23(29)28-10-13-31-14-11-28/h4-9,15-17H,3,10-14H2,1-2H3/b22-16+,26-25?. The van der Waals surface area contributed by atoms with Crippen molar-refractivity contribution in [1.82, 2.24) is 9.80 Å². The Hall–Kier alpha value is -3.10. The minimum absolute atomic E-state index is 0.0328. The Morgan fingerprint density at radius 2 is 1.97 bits per heavy atom. The van der Waals surface area contributed by atoms with E-state index in [9.17, 15) is 9.59 Å². The molecule has 0 aromatic heterocycles. The van der Waals surface area contributed by atoms with Crippen LogP contribution in [0.2, 0.25) is 0 Å². The highest BCUT2D eigenvalue weighted by Crippen LogP contribution is 2.33. The Balaban J connectivity index is 1.52. The van der Waals surface area contributed by atoms with Crippen LogP contribution in [0, 0.1) is 0 Å². The second-order valence-corrected chi connectivity index (χ2v) is 8.75. The first-order valence-electron chi connectivity index (χ1n) is 11.0. The molecule has 0 saturated carbocycles. The van der Waals surface area contributed by atoms with E-state index in [0.29, 0.717) is 54.2 Å². The molecule has 0 N–H and O–H groups in total. The van der Waals surface area contributed by atoms with Crippen LogP contribution in [0.15, 0.2) is 58.4 Å². The van der Waals surface area contributed by atoms with Crippen LogP contribution in [0.5, 0.6) is 5.75 Å². The van der Waals surface area contributed by atoms with Crippen LogP contribution >= 0.6 is 11.8 Å². The van der Waals surface area contributed by atoms with Crippen molar-refractivity contribution in [2.24, 2.45) is 4.99 Å². The molecule has 2 aliphatic rings. The molecular weight excluding hydrogens is 438 g/mol. The number of nitrogens with zero attached hydrogens (tertiary/aromatic N) is 3. The largest absolute Gasteiger partial charge is 0.494 e. The fourth-order valence-corrected chi connectivity index (χ4v) is 4.47. The highest BCUT2D eigenvalue weighted by molar-refractivity contribution is 8.18. The summed E-state index contributed by atoms with van der Waals surface area (Å²) in [6.45, 7) is 5.00. The Kier molecular flexibility index (Phi) is 7.47. The van der Waals surface area contributed by atoms with Crippen LogP contribution < -0.4 is 4.74 Å². The van der Waals surface area contributed by atoms with Gasteiger partial charge in [-0.3, -0.25) is 14.5 Å². The molecule has 4 rings (SSSR count). The third-order valence-electron chi connectivity index (χ3n) is 5.25. The molecule has 0 radical (unpaired) electrons. The normalized spacial score (nSPS) is 18.9. The van der Waals surface area contributed by atoms with Gasteiger partial charge in [0.15, 0.2) is 5.17 Å². The summed E-state index contributed by atoms with van der Waals surface area (Å²) in [5.41, 5.74) is 2.11. The molecule has 2 saturated heterocycles. The van der Waals surface area contributed by atoms with E-state index in [0.717, 1.165) is 17.7 Å². The van der Waals surface area contributed by atoms with E-state index in [1.165, 1.54) is 16.7 Å². The lowest BCUT2D eigenvalue weighted by Gasteiger charge is -2.26. The van der Waals surface area contributed by atoms with E-state index in [-0.39, 0.29) is 11.8 Å². The maximum absolute atomic E-state index is 12.8. The molecule has 0 aliphatic carbocycles. The Morgan fingerprint density at radius 3 is 2.76 bits per heavy atom. The molecule has 2 aromatic carbocycles. The number of ether oxygens (including phenoxy) is 2. The maximum Gasteiger partial charge on any atom is 0.266 e. The zero-order valence-corrected chi connectivity index (χ0v) is 19.6.